The number of hydrogen-bond donors (Lipinski definition) is 0. The fourth-order valence-corrected chi connectivity index (χ4v) is 1.64. The molecule has 0 aliphatic heterocycles. The van der Waals surface area contributed by atoms with Gasteiger partial charge in [0.1, 0.15) is 11.6 Å². The van der Waals surface area contributed by atoms with Crippen LogP contribution in [-0.2, 0) is 0 Å². The van der Waals surface area contributed by atoms with Crippen LogP contribution in [0.1, 0.15) is 44.7 Å². The van der Waals surface area contributed by atoms with Crippen molar-refractivity contribution in [1.29, 1.82) is 0 Å². The molecule has 2 heteroatoms. The molecule has 0 aromatic heterocycles. The molecule has 0 saturated heterocycles. The van der Waals surface area contributed by atoms with Crippen LogP contribution in [0.2, 0.25) is 0 Å². The first kappa shape index (κ1) is 14.5. The maximum absolute atomic E-state index is 13.3. The van der Waals surface area contributed by atoms with E-state index in [2.05, 4.69) is 19.9 Å². The van der Waals surface area contributed by atoms with Gasteiger partial charge in [0.2, 0.25) is 0 Å². The molecule has 0 unspecified atom stereocenters. The summed E-state index contributed by atoms with van der Waals surface area (Å²) in [6.45, 7) is 9.49. The summed E-state index contributed by atoms with van der Waals surface area (Å²) in [4.78, 5) is 0. The van der Waals surface area contributed by atoms with Gasteiger partial charge in [-0.2, -0.15) is 0 Å². The van der Waals surface area contributed by atoms with Gasteiger partial charge in [0.25, 0.3) is 0 Å². The van der Waals surface area contributed by atoms with E-state index in [0.29, 0.717) is 11.7 Å². The largest absolute Gasteiger partial charge is 0.454 e. The molecule has 1 rings (SSSR count). The van der Waals surface area contributed by atoms with Gasteiger partial charge in [0.05, 0.1) is 0 Å². The summed E-state index contributed by atoms with van der Waals surface area (Å²) in [7, 11) is 0. The molecule has 18 heavy (non-hydrogen) atoms. The van der Waals surface area contributed by atoms with Crippen molar-refractivity contribution in [2.24, 2.45) is 0 Å². The summed E-state index contributed by atoms with van der Waals surface area (Å²) in [6, 6.07) is 6.01. The molecule has 0 fully saturated rings. The Bertz CT molecular complexity index is 466. The van der Waals surface area contributed by atoms with E-state index in [1.54, 1.807) is 12.2 Å². The molecular weight excluding hydrogens is 227 g/mol. The Morgan fingerprint density at radius 3 is 2.44 bits per heavy atom. The Hall–Kier alpha value is -1.57. The molecule has 0 bridgehead atoms. The van der Waals surface area contributed by atoms with E-state index in [1.165, 1.54) is 12.5 Å². The highest BCUT2D eigenvalue weighted by Crippen LogP contribution is 2.26. The van der Waals surface area contributed by atoms with E-state index >= 15 is 0 Å². The molecule has 0 aliphatic carbocycles. The molecule has 0 amide bonds. The van der Waals surface area contributed by atoms with E-state index in [-0.39, 0.29) is 11.6 Å². The van der Waals surface area contributed by atoms with E-state index in [4.69, 9.17) is 4.74 Å². The fraction of sp³-hybridized carbons (Fsp3) is 0.375. The quantitative estimate of drug-likeness (QED) is 0.520. The van der Waals surface area contributed by atoms with Crippen LogP contribution in [0.3, 0.4) is 0 Å². The zero-order valence-corrected chi connectivity index (χ0v) is 11.8. The lowest BCUT2D eigenvalue weighted by Gasteiger charge is -2.12. The van der Waals surface area contributed by atoms with E-state index in [9.17, 15) is 4.39 Å². The maximum Gasteiger partial charge on any atom is 0.158 e. The SMILES string of the molecule is C/C=C\C(Oc1ccc(C(C)C)cc1C)=C(/C)F. The monoisotopic (exact) mass is 248 g/mol. The summed E-state index contributed by atoms with van der Waals surface area (Å²) in [5.41, 5.74) is 2.28. The Labute approximate surface area is 109 Å². The van der Waals surface area contributed by atoms with Crippen molar-refractivity contribution < 1.29 is 9.13 Å². The lowest BCUT2D eigenvalue weighted by molar-refractivity contribution is 0.411. The number of rotatable bonds is 4. The van der Waals surface area contributed by atoms with Crippen molar-refractivity contribution in [2.75, 3.05) is 0 Å². The molecule has 0 radical (unpaired) electrons. The molecule has 0 heterocycles. The summed E-state index contributed by atoms with van der Waals surface area (Å²) in [6.07, 6.45) is 3.39. The Morgan fingerprint density at radius 2 is 2.00 bits per heavy atom. The van der Waals surface area contributed by atoms with Gasteiger partial charge in [-0.25, -0.2) is 4.39 Å². The van der Waals surface area contributed by atoms with Crippen molar-refractivity contribution in [1.82, 2.24) is 0 Å². The molecule has 0 aliphatic rings. The van der Waals surface area contributed by atoms with Gasteiger partial charge >= 0.3 is 0 Å². The Kier molecular flexibility index (Phi) is 5.14. The zero-order valence-electron chi connectivity index (χ0n) is 11.8. The van der Waals surface area contributed by atoms with Gasteiger partial charge in [-0.15, -0.1) is 0 Å². The van der Waals surface area contributed by atoms with Crippen molar-refractivity contribution in [3.63, 3.8) is 0 Å². The highest BCUT2D eigenvalue weighted by Gasteiger charge is 2.07. The highest BCUT2D eigenvalue weighted by atomic mass is 19.1. The third-order valence-electron chi connectivity index (χ3n) is 2.74. The third kappa shape index (κ3) is 3.73. The van der Waals surface area contributed by atoms with Crippen LogP contribution in [0.4, 0.5) is 4.39 Å². The van der Waals surface area contributed by atoms with Gasteiger partial charge in [0, 0.05) is 0 Å². The molecule has 0 atom stereocenters. The molecule has 1 nitrogen and oxygen atoms in total. The van der Waals surface area contributed by atoms with Crippen LogP contribution in [0.25, 0.3) is 0 Å². The standard InChI is InChI=1S/C16H21FO/c1-6-7-16(13(5)17)18-15-9-8-14(11(2)3)10-12(15)4/h6-11H,1-5H3/b7-6-,16-13-. The number of aryl methyl sites for hydroxylation is 1. The number of halogens is 1. The van der Waals surface area contributed by atoms with E-state index in [1.807, 2.05) is 26.0 Å². The van der Waals surface area contributed by atoms with Crippen LogP contribution < -0.4 is 4.74 Å². The predicted octanol–water partition coefficient (Wildman–Crippen LogP) is 5.27. The van der Waals surface area contributed by atoms with E-state index in [0.717, 1.165) is 5.56 Å². The second-order valence-corrected chi connectivity index (χ2v) is 4.68. The topological polar surface area (TPSA) is 9.23 Å². The zero-order chi connectivity index (χ0) is 13.7. The average molecular weight is 248 g/mol. The van der Waals surface area contributed by atoms with Crippen LogP contribution in [0.15, 0.2) is 41.9 Å². The number of hydrogen-bond acceptors (Lipinski definition) is 1. The van der Waals surface area contributed by atoms with E-state index < -0.39 is 0 Å². The smallest absolute Gasteiger partial charge is 0.158 e. The van der Waals surface area contributed by atoms with Crippen molar-refractivity contribution in [3.8, 4) is 5.75 Å². The second kappa shape index (κ2) is 6.39. The minimum absolute atomic E-state index is 0.262. The van der Waals surface area contributed by atoms with Crippen molar-refractivity contribution >= 4 is 0 Å². The van der Waals surface area contributed by atoms with Crippen molar-refractivity contribution in [3.05, 3.63) is 53.1 Å². The molecule has 1 aromatic carbocycles. The predicted molar refractivity (Wildman–Crippen MR) is 74.5 cm³/mol. The summed E-state index contributed by atoms with van der Waals surface area (Å²) >= 11 is 0. The minimum Gasteiger partial charge on any atom is -0.454 e. The van der Waals surface area contributed by atoms with Crippen LogP contribution >= 0.6 is 0 Å². The first-order chi connectivity index (χ1) is 8.45. The van der Waals surface area contributed by atoms with Crippen molar-refractivity contribution in [2.45, 2.75) is 40.5 Å². The third-order valence-corrected chi connectivity index (χ3v) is 2.74. The van der Waals surface area contributed by atoms with Gasteiger partial charge in [-0.3, -0.25) is 0 Å². The fourth-order valence-electron chi connectivity index (χ4n) is 1.64. The van der Waals surface area contributed by atoms with Gasteiger partial charge in [-0.1, -0.05) is 32.1 Å². The Morgan fingerprint density at radius 1 is 1.33 bits per heavy atom. The van der Waals surface area contributed by atoms with Crippen LogP contribution in [-0.4, -0.2) is 0 Å². The maximum atomic E-state index is 13.3. The first-order valence-electron chi connectivity index (χ1n) is 6.23. The average Bonchev–Trinajstić information content (AvgIpc) is 2.30. The number of benzene rings is 1. The summed E-state index contributed by atoms with van der Waals surface area (Å²) in [5.74, 6) is 1.12. The number of allylic oxidation sites excluding steroid dienone is 3. The second-order valence-electron chi connectivity index (χ2n) is 4.68. The number of ether oxygens (including phenoxy) is 1. The molecule has 0 N–H and O–H groups in total. The van der Waals surface area contributed by atoms with Crippen LogP contribution in [0.5, 0.6) is 5.75 Å². The molecule has 0 saturated carbocycles. The normalized spacial score (nSPS) is 13.1. The summed E-state index contributed by atoms with van der Waals surface area (Å²) in [5, 5.41) is 0. The minimum atomic E-state index is -0.319. The molecule has 0 spiro atoms. The summed E-state index contributed by atoms with van der Waals surface area (Å²) < 4.78 is 18.9. The van der Waals surface area contributed by atoms with Gasteiger partial charge in [0.15, 0.2) is 5.76 Å². The molecule has 98 valence electrons. The van der Waals surface area contributed by atoms with Gasteiger partial charge < -0.3 is 4.74 Å². The first-order valence-corrected chi connectivity index (χ1v) is 6.23. The lowest BCUT2D eigenvalue weighted by atomic mass is 10.0. The van der Waals surface area contributed by atoms with Crippen LogP contribution in [0, 0.1) is 6.92 Å². The van der Waals surface area contributed by atoms with Gasteiger partial charge in [-0.05, 0) is 50.0 Å². The highest BCUT2D eigenvalue weighted by molar-refractivity contribution is 5.39. The molecular formula is C16H21FO. The Balaban J connectivity index is 3.02. The lowest BCUT2D eigenvalue weighted by Crippen LogP contribution is -1.97. The molecule has 1 aromatic rings.